The first-order valence-electron chi connectivity index (χ1n) is 7.66. The molecule has 3 rings (SSSR count). The summed E-state index contributed by atoms with van der Waals surface area (Å²) in [6.45, 7) is 0.506. The molecule has 128 valence electrons. The van der Waals surface area contributed by atoms with Gasteiger partial charge in [0.2, 0.25) is 0 Å². The third-order valence-corrected chi connectivity index (χ3v) is 4.25. The van der Waals surface area contributed by atoms with Gasteiger partial charge in [-0.1, -0.05) is 12.1 Å². The minimum Gasteiger partial charge on any atom is -0.504 e. The number of phenols is 2. The molecule has 0 amide bonds. The molecule has 1 heterocycles. The Labute approximate surface area is 140 Å². The minimum absolute atomic E-state index is 0.0522. The Balaban J connectivity index is 2.15. The van der Waals surface area contributed by atoms with Crippen LogP contribution in [0.3, 0.4) is 0 Å². The van der Waals surface area contributed by atoms with Crippen LogP contribution < -0.4 is 9.47 Å². The first-order valence-corrected chi connectivity index (χ1v) is 7.66. The summed E-state index contributed by atoms with van der Waals surface area (Å²) in [6.07, 6.45) is 1.47. The van der Waals surface area contributed by atoms with Gasteiger partial charge in [-0.05, 0) is 48.2 Å². The van der Waals surface area contributed by atoms with E-state index in [4.69, 9.17) is 19.2 Å². The zero-order valence-electron chi connectivity index (χ0n) is 13.6. The summed E-state index contributed by atoms with van der Waals surface area (Å²) in [5.74, 6) is 0.811. The lowest BCUT2D eigenvalue weighted by atomic mass is 9.82. The molecule has 6 nitrogen and oxygen atoms in total. The second-order valence-electron chi connectivity index (χ2n) is 5.61. The standard InChI is InChI=1S/C18H20O6/c1-21-16-10-12(4-6-14(16)19)18(8-3-9-23-24-18)13-5-7-15(20)17(11-13)22-2/h4-7,10-11,19-20H,3,8-9H2,1-2H3. The Bertz CT molecular complexity index is 666. The van der Waals surface area contributed by atoms with Gasteiger partial charge < -0.3 is 19.7 Å². The summed E-state index contributed by atoms with van der Waals surface area (Å²) in [7, 11) is 2.99. The van der Waals surface area contributed by atoms with Gasteiger partial charge in [0.1, 0.15) is 0 Å². The van der Waals surface area contributed by atoms with Crippen LogP contribution in [0.25, 0.3) is 0 Å². The van der Waals surface area contributed by atoms with Gasteiger partial charge in [0, 0.05) is 0 Å². The summed E-state index contributed by atoms with van der Waals surface area (Å²) < 4.78 is 10.4. The van der Waals surface area contributed by atoms with Crippen LogP contribution in [0.2, 0.25) is 0 Å². The predicted molar refractivity (Wildman–Crippen MR) is 86.4 cm³/mol. The Morgan fingerprint density at radius 3 is 1.88 bits per heavy atom. The van der Waals surface area contributed by atoms with Crippen molar-refractivity contribution in [3.05, 3.63) is 47.5 Å². The zero-order chi connectivity index (χ0) is 17.2. The summed E-state index contributed by atoms with van der Waals surface area (Å²) in [5, 5.41) is 19.7. The van der Waals surface area contributed by atoms with Crippen LogP contribution in [0.5, 0.6) is 23.0 Å². The monoisotopic (exact) mass is 332 g/mol. The van der Waals surface area contributed by atoms with Gasteiger partial charge in [-0.3, -0.25) is 0 Å². The molecular weight excluding hydrogens is 312 g/mol. The highest BCUT2D eigenvalue weighted by Gasteiger charge is 2.40. The maximum absolute atomic E-state index is 9.86. The average molecular weight is 332 g/mol. The molecule has 1 saturated heterocycles. The van der Waals surface area contributed by atoms with Crippen molar-refractivity contribution in [3.8, 4) is 23.0 Å². The third kappa shape index (κ3) is 2.74. The predicted octanol–water partition coefficient (Wildman–Crippen LogP) is 3.10. The molecule has 0 aromatic heterocycles. The fourth-order valence-electron chi connectivity index (χ4n) is 2.97. The first kappa shape index (κ1) is 16.4. The molecule has 0 radical (unpaired) electrons. The Hall–Kier alpha value is -2.44. The van der Waals surface area contributed by atoms with Crippen LogP contribution in [0, 0.1) is 0 Å². The van der Waals surface area contributed by atoms with Crippen molar-refractivity contribution in [2.24, 2.45) is 0 Å². The topological polar surface area (TPSA) is 77.4 Å². The number of aromatic hydroxyl groups is 2. The summed E-state index contributed by atoms with van der Waals surface area (Å²) in [5.41, 5.74) is 0.689. The van der Waals surface area contributed by atoms with E-state index in [9.17, 15) is 10.2 Å². The molecule has 0 aliphatic carbocycles. The summed E-state index contributed by atoms with van der Waals surface area (Å²) >= 11 is 0. The highest BCUT2D eigenvalue weighted by molar-refractivity contribution is 5.50. The van der Waals surface area contributed by atoms with Crippen LogP contribution in [-0.2, 0) is 15.4 Å². The Morgan fingerprint density at radius 2 is 1.46 bits per heavy atom. The number of hydrogen-bond acceptors (Lipinski definition) is 6. The van der Waals surface area contributed by atoms with Crippen molar-refractivity contribution in [1.29, 1.82) is 0 Å². The summed E-state index contributed by atoms with van der Waals surface area (Å²) in [4.78, 5) is 11.0. The van der Waals surface area contributed by atoms with Gasteiger partial charge in [-0.25, -0.2) is 9.78 Å². The van der Waals surface area contributed by atoms with Crippen LogP contribution in [0.1, 0.15) is 24.0 Å². The molecule has 0 unspecified atom stereocenters. The smallest absolute Gasteiger partial charge is 0.160 e. The van der Waals surface area contributed by atoms with Crippen molar-refractivity contribution < 1.29 is 29.5 Å². The van der Waals surface area contributed by atoms with Crippen LogP contribution >= 0.6 is 0 Å². The van der Waals surface area contributed by atoms with Gasteiger partial charge in [0.15, 0.2) is 28.6 Å². The third-order valence-electron chi connectivity index (χ3n) is 4.25. The average Bonchev–Trinajstić information content (AvgIpc) is 2.63. The SMILES string of the molecule is COc1cc(C2(c3ccc(O)c(OC)c3)CCCOO2)ccc1O. The van der Waals surface area contributed by atoms with E-state index in [1.54, 1.807) is 36.4 Å². The molecule has 2 aromatic carbocycles. The Kier molecular flexibility index (Phi) is 4.51. The van der Waals surface area contributed by atoms with Crippen LogP contribution in [0.15, 0.2) is 36.4 Å². The van der Waals surface area contributed by atoms with E-state index in [1.807, 2.05) is 0 Å². The second kappa shape index (κ2) is 6.59. The van der Waals surface area contributed by atoms with Gasteiger partial charge in [0.05, 0.1) is 20.8 Å². The van der Waals surface area contributed by atoms with Crippen LogP contribution in [-0.4, -0.2) is 31.0 Å². The quantitative estimate of drug-likeness (QED) is 0.838. The maximum atomic E-state index is 9.86. The highest BCUT2D eigenvalue weighted by atomic mass is 17.2. The van der Waals surface area contributed by atoms with Crippen molar-refractivity contribution in [3.63, 3.8) is 0 Å². The molecule has 2 N–H and O–H groups in total. The lowest BCUT2D eigenvalue weighted by Gasteiger charge is -2.36. The van der Waals surface area contributed by atoms with E-state index in [0.717, 1.165) is 17.5 Å². The molecule has 0 bridgehead atoms. The number of ether oxygens (including phenoxy) is 2. The summed E-state index contributed by atoms with van der Waals surface area (Å²) in [6, 6.07) is 10.1. The van der Waals surface area contributed by atoms with Gasteiger partial charge in [-0.2, -0.15) is 0 Å². The molecule has 0 atom stereocenters. The first-order chi connectivity index (χ1) is 11.6. The fourth-order valence-corrected chi connectivity index (χ4v) is 2.97. The molecule has 0 spiro atoms. The van der Waals surface area contributed by atoms with E-state index < -0.39 is 5.60 Å². The number of hydrogen-bond donors (Lipinski definition) is 2. The van der Waals surface area contributed by atoms with E-state index in [2.05, 4.69) is 0 Å². The van der Waals surface area contributed by atoms with E-state index >= 15 is 0 Å². The molecule has 0 saturated carbocycles. The van der Waals surface area contributed by atoms with E-state index in [-0.39, 0.29) is 11.5 Å². The lowest BCUT2D eigenvalue weighted by molar-refractivity contribution is -0.377. The van der Waals surface area contributed by atoms with Gasteiger partial charge in [0.25, 0.3) is 0 Å². The van der Waals surface area contributed by atoms with Gasteiger partial charge >= 0.3 is 0 Å². The zero-order valence-corrected chi connectivity index (χ0v) is 13.6. The van der Waals surface area contributed by atoms with Crippen molar-refractivity contribution in [2.75, 3.05) is 20.8 Å². The van der Waals surface area contributed by atoms with E-state index in [1.165, 1.54) is 14.2 Å². The van der Waals surface area contributed by atoms with Crippen molar-refractivity contribution in [2.45, 2.75) is 18.4 Å². The molecule has 1 aliphatic rings. The van der Waals surface area contributed by atoms with Gasteiger partial charge in [-0.15, -0.1) is 0 Å². The molecule has 1 fully saturated rings. The largest absolute Gasteiger partial charge is 0.504 e. The minimum atomic E-state index is -0.875. The molecule has 24 heavy (non-hydrogen) atoms. The van der Waals surface area contributed by atoms with E-state index in [0.29, 0.717) is 24.5 Å². The number of benzene rings is 2. The lowest BCUT2D eigenvalue weighted by Crippen LogP contribution is -2.35. The van der Waals surface area contributed by atoms with Crippen molar-refractivity contribution >= 4 is 0 Å². The number of rotatable bonds is 4. The fraction of sp³-hybridized carbons (Fsp3) is 0.333. The maximum Gasteiger partial charge on any atom is 0.160 e. The second-order valence-corrected chi connectivity index (χ2v) is 5.61. The number of methoxy groups -OCH3 is 2. The van der Waals surface area contributed by atoms with Crippen molar-refractivity contribution in [1.82, 2.24) is 0 Å². The highest BCUT2D eigenvalue weighted by Crippen LogP contribution is 2.45. The number of phenolic OH excluding ortho intramolecular Hbond substituents is 2. The Morgan fingerprint density at radius 1 is 0.917 bits per heavy atom. The normalized spacial score (nSPS) is 16.6. The molecule has 2 aromatic rings. The molecule has 1 aliphatic heterocycles. The van der Waals surface area contributed by atoms with Crippen LogP contribution in [0.4, 0.5) is 0 Å². The molecular formula is C18H20O6. The molecule has 6 heteroatoms.